The van der Waals surface area contributed by atoms with E-state index in [0.717, 1.165) is 31.8 Å². The Kier molecular flexibility index (Phi) is 4.40. The van der Waals surface area contributed by atoms with Crippen LogP contribution in [0.1, 0.15) is 25.2 Å². The average Bonchev–Trinajstić information content (AvgIpc) is 3.03. The Hall–Kier alpha value is -2.02. The van der Waals surface area contributed by atoms with Crippen molar-refractivity contribution in [2.75, 3.05) is 20.2 Å². The minimum absolute atomic E-state index is 0.482. The van der Waals surface area contributed by atoms with Crippen LogP contribution in [0.3, 0.4) is 0 Å². The average molecular weight is 289 g/mol. The minimum atomic E-state index is 0.482. The summed E-state index contributed by atoms with van der Waals surface area (Å²) in [4.78, 5) is 12.5. The molecule has 0 spiro atoms. The first-order chi connectivity index (χ1) is 10.3. The summed E-state index contributed by atoms with van der Waals surface area (Å²) < 4.78 is 10.4. The van der Waals surface area contributed by atoms with Crippen molar-refractivity contribution in [2.24, 2.45) is 5.92 Å². The Morgan fingerprint density at radius 2 is 2.19 bits per heavy atom. The second-order valence-electron chi connectivity index (χ2n) is 5.19. The van der Waals surface area contributed by atoms with Crippen LogP contribution in [0.2, 0.25) is 0 Å². The summed E-state index contributed by atoms with van der Waals surface area (Å²) in [6.07, 6.45) is 5.80. The molecule has 3 heterocycles. The zero-order chi connectivity index (χ0) is 14.5. The SMILES string of the molecule is COc1cc(-c2noc(CCC3CCNCC3)n2)ncn1. The van der Waals surface area contributed by atoms with Gasteiger partial charge in [-0.25, -0.2) is 9.97 Å². The van der Waals surface area contributed by atoms with Gasteiger partial charge in [0.1, 0.15) is 12.0 Å². The molecule has 0 aliphatic carbocycles. The van der Waals surface area contributed by atoms with Crippen molar-refractivity contribution >= 4 is 0 Å². The molecule has 1 fully saturated rings. The molecule has 1 N–H and O–H groups in total. The molecule has 0 unspecified atom stereocenters. The van der Waals surface area contributed by atoms with E-state index in [2.05, 4.69) is 25.4 Å². The number of aromatic nitrogens is 4. The highest BCUT2D eigenvalue weighted by molar-refractivity contribution is 5.49. The maximum absolute atomic E-state index is 5.31. The van der Waals surface area contributed by atoms with Gasteiger partial charge in [-0.15, -0.1) is 0 Å². The van der Waals surface area contributed by atoms with Gasteiger partial charge in [-0.3, -0.25) is 0 Å². The zero-order valence-corrected chi connectivity index (χ0v) is 12.1. The van der Waals surface area contributed by atoms with Gasteiger partial charge in [0.2, 0.25) is 17.6 Å². The summed E-state index contributed by atoms with van der Waals surface area (Å²) in [5, 5.41) is 7.35. The van der Waals surface area contributed by atoms with E-state index < -0.39 is 0 Å². The third-order valence-electron chi connectivity index (χ3n) is 3.77. The van der Waals surface area contributed by atoms with E-state index in [-0.39, 0.29) is 0 Å². The molecule has 0 aromatic carbocycles. The maximum Gasteiger partial charge on any atom is 0.227 e. The summed E-state index contributed by atoms with van der Waals surface area (Å²) in [6, 6.07) is 1.70. The van der Waals surface area contributed by atoms with E-state index in [0.29, 0.717) is 23.3 Å². The van der Waals surface area contributed by atoms with Gasteiger partial charge in [-0.1, -0.05) is 5.16 Å². The van der Waals surface area contributed by atoms with Gasteiger partial charge in [0.15, 0.2) is 0 Å². The molecule has 0 amide bonds. The van der Waals surface area contributed by atoms with Crippen LogP contribution in [-0.4, -0.2) is 40.3 Å². The lowest BCUT2D eigenvalue weighted by Gasteiger charge is -2.21. The molecule has 2 aromatic rings. The van der Waals surface area contributed by atoms with Crippen LogP contribution in [0.25, 0.3) is 11.5 Å². The van der Waals surface area contributed by atoms with Crippen molar-refractivity contribution in [3.63, 3.8) is 0 Å². The number of nitrogens with zero attached hydrogens (tertiary/aromatic N) is 4. The first kappa shape index (κ1) is 13.9. The van der Waals surface area contributed by atoms with Gasteiger partial charge in [0, 0.05) is 12.5 Å². The Morgan fingerprint density at radius 1 is 1.33 bits per heavy atom. The molecule has 7 nitrogen and oxygen atoms in total. The van der Waals surface area contributed by atoms with Crippen LogP contribution in [0.5, 0.6) is 5.88 Å². The first-order valence-electron chi connectivity index (χ1n) is 7.25. The smallest absolute Gasteiger partial charge is 0.227 e. The fraction of sp³-hybridized carbons (Fsp3) is 0.571. The highest BCUT2D eigenvalue weighted by atomic mass is 16.5. The number of piperidine rings is 1. The highest BCUT2D eigenvalue weighted by Gasteiger charge is 2.16. The van der Waals surface area contributed by atoms with Gasteiger partial charge >= 0.3 is 0 Å². The predicted molar refractivity (Wildman–Crippen MR) is 75.8 cm³/mol. The third kappa shape index (κ3) is 3.55. The number of aryl methyl sites for hydroxylation is 1. The largest absolute Gasteiger partial charge is 0.481 e. The van der Waals surface area contributed by atoms with Crippen LogP contribution in [0.15, 0.2) is 16.9 Å². The molecule has 0 atom stereocenters. The molecule has 3 rings (SSSR count). The quantitative estimate of drug-likeness (QED) is 0.891. The van der Waals surface area contributed by atoms with Gasteiger partial charge in [0.05, 0.1) is 7.11 Å². The Morgan fingerprint density at radius 3 is 3.00 bits per heavy atom. The van der Waals surface area contributed by atoms with E-state index >= 15 is 0 Å². The van der Waals surface area contributed by atoms with Crippen LogP contribution in [0.4, 0.5) is 0 Å². The molecule has 1 aliphatic rings. The monoisotopic (exact) mass is 289 g/mol. The number of rotatable bonds is 5. The van der Waals surface area contributed by atoms with Crippen molar-refractivity contribution in [2.45, 2.75) is 25.7 Å². The molecule has 1 saturated heterocycles. The van der Waals surface area contributed by atoms with Crippen molar-refractivity contribution in [3.8, 4) is 17.4 Å². The summed E-state index contributed by atoms with van der Waals surface area (Å²) >= 11 is 0. The first-order valence-corrected chi connectivity index (χ1v) is 7.25. The van der Waals surface area contributed by atoms with E-state index in [4.69, 9.17) is 9.26 Å². The fourth-order valence-electron chi connectivity index (χ4n) is 2.53. The van der Waals surface area contributed by atoms with E-state index in [1.54, 1.807) is 13.2 Å². The van der Waals surface area contributed by atoms with Crippen molar-refractivity contribution in [1.82, 2.24) is 25.4 Å². The lowest BCUT2D eigenvalue weighted by Crippen LogP contribution is -2.27. The second kappa shape index (κ2) is 6.62. The number of hydrogen-bond acceptors (Lipinski definition) is 7. The lowest BCUT2D eigenvalue weighted by atomic mass is 9.93. The van der Waals surface area contributed by atoms with Crippen molar-refractivity contribution in [3.05, 3.63) is 18.3 Å². The van der Waals surface area contributed by atoms with Gasteiger partial charge in [-0.2, -0.15) is 4.98 Å². The molecule has 0 bridgehead atoms. The van der Waals surface area contributed by atoms with E-state index in [1.807, 2.05) is 0 Å². The topological polar surface area (TPSA) is 86.0 Å². The van der Waals surface area contributed by atoms with Crippen LogP contribution in [-0.2, 0) is 6.42 Å². The van der Waals surface area contributed by atoms with Gasteiger partial charge < -0.3 is 14.6 Å². The molecule has 1 aliphatic heterocycles. The molecule has 7 heteroatoms. The standard InChI is InChI=1S/C14H19N5O2/c1-20-13-8-11(16-9-17-13)14-18-12(21-19-14)3-2-10-4-6-15-7-5-10/h8-10,15H,2-7H2,1H3. The summed E-state index contributed by atoms with van der Waals surface area (Å²) in [7, 11) is 1.56. The summed E-state index contributed by atoms with van der Waals surface area (Å²) in [5.41, 5.74) is 0.610. The number of hydrogen-bond donors (Lipinski definition) is 1. The normalized spacial score (nSPS) is 16.0. The van der Waals surface area contributed by atoms with Gasteiger partial charge in [0.25, 0.3) is 0 Å². The molecule has 21 heavy (non-hydrogen) atoms. The molecule has 0 radical (unpaired) electrons. The molecule has 112 valence electrons. The van der Waals surface area contributed by atoms with Crippen LogP contribution < -0.4 is 10.1 Å². The summed E-state index contributed by atoms with van der Waals surface area (Å²) in [5.74, 6) is 2.39. The fourth-order valence-corrected chi connectivity index (χ4v) is 2.53. The molecular weight excluding hydrogens is 270 g/mol. The van der Waals surface area contributed by atoms with Gasteiger partial charge in [-0.05, 0) is 38.3 Å². The van der Waals surface area contributed by atoms with E-state index in [1.165, 1.54) is 19.2 Å². The van der Waals surface area contributed by atoms with Crippen LogP contribution >= 0.6 is 0 Å². The van der Waals surface area contributed by atoms with Crippen LogP contribution in [0, 0.1) is 5.92 Å². The second-order valence-corrected chi connectivity index (χ2v) is 5.19. The lowest BCUT2D eigenvalue weighted by molar-refractivity contribution is 0.324. The number of methoxy groups -OCH3 is 1. The molecule has 0 saturated carbocycles. The molecular formula is C14H19N5O2. The zero-order valence-electron chi connectivity index (χ0n) is 12.1. The Bertz CT molecular complexity index is 580. The summed E-state index contributed by atoms with van der Waals surface area (Å²) in [6.45, 7) is 2.22. The Balaban J connectivity index is 1.62. The number of ether oxygens (including phenoxy) is 1. The number of nitrogens with one attached hydrogen (secondary N) is 1. The minimum Gasteiger partial charge on any atom is -0.481 e. The van der Waals surface area contributed by atoms with E-state index in [9.17, 15) is 0 Å². The third-order valence-corrected chi connectivity index (χ3v) is 3.77. The maximum atomic E-state index is 5.31. The van der Waals surface area contributed by atoms with Crippen molar-refractivity contribution < 1.29 is 9.26 Å². The predicted octanol–water partition coefficient (Wildman–Crippen LogP) is 1.47. The van der Waals surface area contributed by atoms with Crippen molar-refractivity contribution in [1.29, 1.82) is 0 Å². The Labute approximate surface area is 123 Å². The highest BCUT2D eigenvalue weighted by Crippen LogP contribution is 2.20. The molecule has 2 aromatic heterocycles.